The second-order valence-electron chi connectivity index (χ2n) is 7.09. The van der Waals surface area contributed by atoms with E-state index in [4.69, 9.17) is 4.42 Å². The minimum absolute atomic E-state index is 0.135. The molecule has 1 aromatic heterocycles. The molecule has 0 N–H and O–H groups in total. The van der Waals surface area contributed by atoms with Gasteiger partial charge in [-0.25, -0.2) is 4.98 Å². The number of hydrogen-bond acceptors (Lipinski definition) is 4. The van der Waals surface area contributed by atoms with Crippen LogP contribution in [0.25, 0.3) is 11.3 Å². The Labute approximate surface area is 148 Å². The zero-order valence-corrected chi connectivity index (χ0v) is 14.8. The molecule has 1 saturated heterocycles. The van der Waals surface area contributed by atoms with Gasteiger partial charge in [0.15, 0.2) is 11.7 Å². The van der Waals surface area contributed by atoms with Gasteiger partial charge in [-0.2, -0.15) is 0 Å². The van der Waals surface area contributed by atoms with E-state index in [9.17, 15) is 4.79 Å². The monoisotopic (exact) mass is 339 g/mol. The number of carbonyl (C=O) groups excluding carboxylic acids is 1. The molecule has 0 radical (unpaired) electrons. The largest absolute Gasteiger partial charge is 0.441 e. The summed E-state index contributed by atoms with van der Waals surface area (Å²) in [4.78, 5) is 21.5. The van der Waals surface area contributed by atoms with Crippen LogP contribution in [0.15, 0.2) is 34.9 Å². The molecule has 1 saturated carbocycles. The summed E-state index contributed by atoms with van der Waals surface area (Å²) in [5.74, 6) is 1.52. The second kappa shape index (κ2) is 7.00. The lowest BCUT2D eigenvalue weighted by Crippen LogP contribution is -2.42. The van der Waals surface area contributed by atoms with Crippen molar-refractivity contribution < 1.29 is 9.21 Å². The van der Waals surface area contributed by atoms with Crippen molar-refractivity contribution in [3.8, 4) is 11.3 Å². The maximum Gasteiger partial charge on any atom is 0.253 e. The molecule has 1 aromatic carbocycles. The molecule has 25 heavy (non-hydrogen) atoms. The Bertz CT molecular complexity index is 734. The van der Waals surface area contributed by atoms with E-state index in [-0.39, 0.29) is 5.91 Å². The Balaban J connectivity index is 1.41. The van der Waals surface area contributed by atoms with Crippen LogP contribution in [0, 0.1) is 6.92 Å². The van der Waals surface area contributed by atoms with E-state index in [1.165, 1.54) is 19.3 Å². The Kier molecular flexibility index (Phi) is 4.57. The molecule has 1 aliphatic heterocycles. The van der Waals surface area contributed by atoms with E-state index in [1.807, 2.05) is 36.1 Å². The summed E-state index contributed by atoms with van der Waals surface area (Å²) >= 11 is 0. The van der Waals surface area contributed by atoms with Crippen molar-refractivity contribution in [2.24, 2.45) is 0 Å². The van der Waals surface area contributed by atoms with Crippen LogP contribution in [0.2, 0.25) is 0 Å². The third-order valence-electron chi connectivity index (χ3n) is 5.45. The molecule has 2 fully saturated rings. The standard InChI is InChI=1S/C20H25N3O2/c1-15-21-14-19(25-15)16-6-8-17(9-7-16)20(24)23-11-3-10-22(12-13-23)18-4-2-5-18/h6-9,14,18H,2-5,10-13H2,1H3. The third kappa shape index (κ3) is 3.47. The highest BCUT2D eigenvalue weighted by Gasteiger charge is 2.28. The first-order valence-electron chi connectivity index (χ1n) is 9.27. The van der Waals surface area contributed by atoms with Crippen molar-refractivity contribution in [2.75, 3.05) is 26.2 Å². The van der Waals surface area contributed by atoms with Gasteiger partial charge in [0.1, 0.15) is 0 Å². The van der Waals surface area contributed by atoms with Crippen molar-refractivity contribution in [3.05, 3.63) is 41.9 Å². The summed E-state index contributed by atoms with van der Waals surface area (Å²) in [5, 5.41) is 0. The van der Waals surface area contributed by atoms with Gasteiger partial charge >= 0.3 is 0 Å². The van der Waals surface area contributed by atoms with Gasteiger partial charge in [-0.15, -0.1) is 0 Å². The molecule has 4 rings (SSSR count). The summed E-state index contributed by atoms with van der Waals surface area (Å²) in [5.41, 5.74) is 1.70. The lowest BCUT2D eigenvalue weighted by molar-refractivity contribution is 0.0749. The zero-order chi connectivity index (χ0) is 17.2. The zero-order valence-electron chi connectivity index (χ0n) is 14.8. The molecule has 0 unspecified atom stereocenters. The van der Waals surface area contributed by atoms with Crippen molar-refractivity contribution in [3.63, 3.8) is 0 Å². The summed E-state index contributed by atoms with van der Waals surface area (Å²) in [7, 11) is 0. The average molecular weight is 339 g/mol. The molecule has 5 nitrogen and oxygen atoms in total. The van der Waals surface area contributed by atoms with Gasteiger partial charge in [-0.05, 0) is 31.4 Å². The number of hydrogen-bond donors (Lipinski definition) is 0. The van der Waals surface area contributed by atoms with Crippen LogP contribution < -0.4 is 0 Å². The van der Waals surface area contributed by atoms with Gasteiger partial charge < -0.3 is 9.32 Å². The van der Waals surface area contributed by atoms with Gasteiger partial charge in [-0.1, -0.05) is 18.6 Å². The number of benzene rings is 1. The minimum Gasteiger partial charge on any atom is -0.441 e. The Morgan fingerprint density at radius 3 is 2.52 bits per heavy atom. The van der Waals surface area contributed by atoms with E-state index in [1.54, 1.807) is 6.20 Å². The van der Waals surface area contributed by atoms with Crippen molar-refractivity contribution in [1.29, 1.82) is 0 Å². The molecule has 0 atom stereocenters. The predicted octanol–water partition coefficient (Wildman–Crippen LogP) is 3.35. The fourth-order valence-electron chi connectivity index (χ4n) is 3.71. The molecule has 2 aliphatic rings. The maximum atomic E-state index is 12.8. The van der Waals surface area contributed by atoms with Crippen molar-refractivity contribution in [2.45, 2.75) is 38.6 Å². The van der Waals surface area contributed by atoms with Crippen LogP contribution in [0.1, 0.15) is 41.9 Å². The average Bonchev–Trinajstić information content (AvgIpc) is 2.87. The Morgan fingerprint density at radius 1 is 1.08 bits per heavy atom. The summed E-state index contributed by atoms with van der Waals surface area (Å²) in [6, 6.07) is 8.42. The number of carbonyl (C=O) groups is 1. The van der Waals surface area contributed by atoms with Crippen LogP contribution in [0.4, 0.5) is 0 Å². The minimum atomic E-state index is 0.135. The van der Waals surface area contributed by atoms with Crippen LogP contribution in [-0.4, -0.2) is 52.9 Å². The second-order valence-corrected chi connectivity index (χ2v) is 7.09. The molecule has 1 amide bonds. The predicted molar refractivity (Wildman–Crippen MR) is 96.4 cm³/mol. The first-order valence-corrected chi connectivity index (χ1v) is 9.27. The first kappa shape index (κ1) is 16.3. The third-order valence-corrected chi connectivity index (χ3v) is 5.45. The highest BCUT2D eigenvalue weighted by Crippen LogP contribution is 2.26. The van der Waals surface area contributed by atoms with Gasteiger partial charge in [0.25, 0.3) is 5.91 Å². The number of oxazole rings is 1. The highest BCUT2D eigenvalue weighted by atomic mass is 16.4. The molecule has 0 bridgehead atoms. The van der Waals surface area contributed by atoms with E-state index in [0.717, 1.165) is 55.5 Å². The van der Waals surface area contributed by atoms with Gasteiger partial charge in [0.05, 0.1) is 6.20 Å². The number of aromatic nitrogens is 1. The Hall–Kier alpha value is -2.14. The summed E-state index contributed by atoms with van der Waals surface area (Å²) in [6.45, 7) is 5.64. The molecule has 2 aromatic rings. The molecule has 132 valence electrons. The molecular formula is C20H25N3O2. The van der Waals surface area contributed by atoms with E-state index in [2.05, 4.69) is 9.88 Å². The number of nitrogens with zero attached hydrogens (tertiary/aromatic N) is 3. The SMILES string of the molecule is Cc1ncc(-c2ccc(C(=O)N3CCCN(C4CCC4)CC3)cc2)o1. The van der Waals surface area contributed by atoms with Gasteiger partial charge in [-0.3, -0.25) is 9.69 Å². The summed E-state index contributed by atoms with van der Waals surface area (Å²) < 4.78 is 5.54. The molecular weight excluding hydrogens is 314 g/mol. The van der Waals surface area contributed by atoms with E-state index >= 15 is 0 Å². The fourth-order valence-corrected chi connectivity index (χ4v) is 3.71. The van der Waals surface area contributed by atoms with E-state index < -0.39 is 0 Å². The molecule has 2 heterocycles. The maximum absolute atomic E-state index is 12.8. The quantitative estimate of drug-likeness (QED) is 0.860. The smallest absolute Gasteiger partial charge is 0.253 e. The lowest BCUT2D eigenvalue weighted by atomic mass is 9.91. The van der Waals surface area contributed by atoms with Gasteiger partial charge in [0, 0.05) is 50.3 Å². The van der Waals surface area contributed by atoms with E-state index in [0.29, 0.717) is 5.89 Å². The van der Waals surface area contributed by atoms with Crippen LogP contribution in [0.3, 0.4) is 0 Å². The number of aryl methyl sites for hydroxylation is 1. The lowest BCUT2D eigenvalue weighted by Gasteiger charge is -2.36. The van der Waals surface area contributed by atoms with Crippen molar-refractivity contribution >= 4 is 5.91 Å². The normalized spacial score (nSPS) is 19.5. The number of amides is 1. The highest BCUT2D eigenvalue weighted by molar-refractivity contribution is 5.94. The molecule has 5 heteroatoms. The first-order chi connectivity index (χ1) is 12.2. The Morgan fingerprint density at radius 2 is 1.88 bits per heavy atom. The molecule has 0 spiro atoms. The summed E-state index contributed by atoms with van der Waals surface area (Å²) in [6.07, 6.45) is 6.81. The van der Waals surface area contributed by atoms with Crippen molar-refractivity contribution in [1.82, 2.24) is 14.8 Å². The van der Waals surface area contributed by atoms with Gasteiger partial charge in [0.2, 0.25) is 0 Å². The van der Waals surface area contributed by atoms with Crippen LogP contribution >= 0.6 is 0 Å². The molecule has 1 aliphatic carbocycles. The van der Waals surface area contributed by atoms with Crippen LogP contribution in [-0.2, 0) is 0 Å². The number of rotatable bonds is 3. The fraction of sp³-hybridized carbons (Fsp3) is 0.500. The topological polar surface area (TPSA) is 49.6 Å². The van der Waals surface area contributed by atoms with Crippen LogP contribution in [0.5, 0.6) is 0 Å².